The fourth-order valence-electron chi connectivity index (χ4n) is 2.96. The number of carbonyl (C=O) groups excluding carboxylic acids is 1. The van der Waals surface area contributed by atoms with E-state index in [1.807, 2.05) is 49.4 Å². The molecular weight excluding hydrogens is 342 g/mol. The van der Waals surface area contributed by atoms with Gasteiger partial charge in [-0.2, -0.15) is 0 Å². The number of hydrogen-bond donors (Lipinski definition) is 2. The van der Waals surface area contributed by atoms with Gasteiger partial charge in [-0.15, -0.1) is 0 Å². The molecule has 27 heavy (non-hydrogen) atoms. The average molecular weight is 365 g/mol. The number of carbonyl (C=O) groups is 1. The lowest BCUT2D eigenvalue weighted by Gasteiger charge is -2.21. The monoisotopic (exact) mass is 365 g/mol. The van der Waals surface area contributed by atoms with E-state index in [1.165, 1.54) is 0 Å². The quantitative estimate of drug-likeness (QED) is 0.526. The van der Waals surface area contributed by atoms with E-state index in [9.17, 15) is 10.0 Å². The molecule has 0 unspecified atom stereocenters. The van der Waals surface area contributed by atoms with Crippen LogP contribution in [-0.2, 0) is 0 Å². The topological polar surface area (TPSA) is 78.1 Å². The SMILES string of the molecule is CCN(CC)c1ccc2cc(C(=O)Nc3ccc(C)cc3)/c(=N\O)oc2c1. The van der Waals surface area contributed by atoms with Crippen LogP contribution in [0.25, 0.3) is 11.0 Å². The van der Waals surface area contributed by atoms with E-state index in [0.29, 0.717) is 11.3 Å². The molecule has 0 radical (unpaired) electrons. The van der Waals surface area contributed by atoms with Gasteiger partial charge >= 0.3 is 0 Å². The molecule has 0 aliphatic heterocycles. The Morgan fingerprint density at radius 2 is 1.81 bits per heavy atom. The normalized spacial score (nSPS) is 11.6. The van der Waals surface area contributed by atoms with Gasteiger partial charge in [0.1, 0.15) is 11.1 Å². The first-order chi connectivity index (χ1) is 13.0. The number of rotatable bonds is 5. The highest BCUT2D eigenvalue weighted by molar-refractivity contribution is 6.05. The molecule has 1 aromatic heterocycles. The first kappa shape index (κ1) is 18.5. The molecule has 2 N–H and O–H groups in total. The highest BCUT2D eigenvalue weighted by Gasteiger charge is 2.14. The Kier molecular flexibility index (Phi) is 5.45. The minimum Gasteiger partial charge on any atom is -0.435 e. The number of hydrogen-bond acceptors (Lipinski definition) is 5. The molecule has 6 nitrogen and oxygen atoms in total. The summed E-state index contributed by atoms with van der Waals surface area (Å²) < 4.78 is 5.70. The van der Waals surface area contributed by atoms with Crippen LogP contribution >= 0.6 is 0 Å². The van der Waals surface area contributed by atoms with Crippen LogP contribution in [0.15, 0.2) is 58.1 Å². The first-order valence-corrected chi connectivity index (χ1v) is 8.94. The van der Waals surface area contributed by atoms with Crippen LogP contribution in [0.3, 0.4) is 0 Å². The van der Waals surface area contributed by atoms with Crippen LogP contribution in [0.1, 0.15) is 29.8 Å². The summed E-state index contributed by atoms with van der Waals surface area (Å²) in [6, 6.07) is 14.9. The second-order valence-electron chi connectivity index (χ2n) is 6.28. The largest absolute Gasteiger partial charge is 0.435 e. The predicted octanol–water partition coefficient (Wildman–Crippen LogP) is 4.13. The predicted molar refractivity (Wildman–Crippen MR) is 106 cm³/mol. The summed E-state index contributed by atoms with van der Waals surface area (Å²) in [5, 5.41) is 16.1. The zero-order chi connectivity index (χ0) is 19.4. The van der Waals surface area contributed by atoms with Gasteiger partial charge in [0, 0.05) is 35.9 Å². The van der Waals surface area contributed by atoms with Crippen molar-refractivity contribution in [2.45, 2.75) is 20.8 Å². The Labute approximate surface area is 157 Å². The van der Waals surface area contributed by atoms with Crippen LogP contribution < -0.4 is 15.8 Å². The first-order valence-electron chi connectivity index (χ1n) is 8.94. The summed E-state index contributed by atoms with van der Waals surface area (Å²) in [5.41, 5.74) is 3.37. The van der Waals surface area contributed by atoms with Crippen LogP contribution in [0, 0.1) is 6.92 Å². The van der Waals surface area contributed by atoms with Crippen molar-refractivity contribution in [2.75, 3.05) is 23.3 Å². The number of anilines is 2. The maximum absolute atomic E-state index is 12.6. The van der Waals surface area contributed by atoms with E-state index in [0.717, 1.165) is 29.7 Å². The fraction of sp³-hybridized carbons (Fsp3) is 0.238. The zero-order valence-corrected chi connectivity index (χ0v) is 15.7. The van der Waals surface area contributed by atoms with Crippen molar-refractivity contribution in [2.24, 2.45) is 5.16 Å². The van der Waals surface area contributed by atoms with E-state index in [1.54, 1.807) is 6.07 Å². The van der Waals surface area contributed by atoms with Gasteiger partial charge < -0.3 is 19.8 Å². The lowest BCUT2D eigenvalue weighted by atomic mass is 10.1. The van der Waals surface area contributed by atoms with E-state index < -0.39 is 5.91 Å². The van der Waals surface area contributed by atoms with Crippen molar-refractivity contribution in [1.82, 2.24) is 0 Å². The van der Waals surface area contributed by atoms with Crippen LogP contribution in [0.5, 0.6) is 0 Å². The van der Waals surface area contributed by atoms with Gasteiger partial charge in [0.25, 0.3) is 11.5 Å². The number of aryl methyl sites for hydroxylation is 1. The molecule has 0 aliphatic carbocycles. The summed E-state index contributed by atoms with van der Waals surface area (Å²) in [6.45, 7) is 7.88. The van der Waals surface area contributed by atoms with E-state index in [2.05, 4.69) is 29.2 Å². The Hall–Kier alpha value is -3.28. The highest BCUT2D eigenvalue weighted by atomic mass is 16.5. The average Bonchev–Trinajstić information content (AvgIpc) is 2.69. The lowest BCUT2D eigenvalue weighted by Crippen LogP contribution is -2.22. The van der Waals surface area contributed by atoms with Crippen molar-refractivity contribution < 1.29 is 14.4 Å². The van der Waals surface area contributed by atoms with Crippen LogP contribution in [-0.4, -0.2) is 24.2 Å². The molecule has 0 spiro atoms. The molecular formula is C21H23N3O3. The maximum Gasteiger partial charge on any atom is 0.268 e. The van der Waals surface area contributed by atoms with Crippen molar-refractivity contribution in [3.05, 3.63) is 65.2 Å². The van der Waals surface area contributed by atoms with Gasteiger partial charge in [0.15, 0.2) is 0 Å². The van der Waals surface area contributed by atoms with Gasteiger partial charge in [0.05, 0.1) is 0 Å². The number of fused-ring (bicyclic) bond motifs is 1. The number of benzene rings is 2. The summed E-state index contributed by atoms with van der Waals surface area (Å²) in [5.74, 6) is -0.398. The third-order valence-electron chi connectivity index (χ3n) is 4.51. The van der Waals surface area contributed by atoms with Gasteiger partial charge in [-0.05, 0) is 56.3 Å². The van der Waals surface area contributed by atoms with E-state index >= 15 is 0 Å². The molecule has 140 valence electrons. The van der Waals surface area contributed by atoms with Gasteiger partial charge in [0.2, 0.25) is 0 Å². The Balaban J connectivity index is 1.99. The smallest absolute Gasteiger partial charge is 0.268 e. The number of nitrogens with one attached hydrogen (secondary N) is 1. The number of nitrogens with zero attached hydrogens (tertiary/aromatic N) is 2. The van der Waals surface area contributed by atoms with Crippen molar-refractivity contribution in [3.8, 4) is 0 Å². The summed E-state index contributed by atoms with van der Waals surface area (Å²) in [6.07, 6.45) is 0. The molecule has 3 rings (SSSR count). The fourth-order valence-corrected chi connectivity index (χ4v) is 2.96. The van der Waals surface area contributed by atoms with E-state index in [4.69, 9.17) is 4.42 Å². The number of amides is 1. The molecule has 0 aliphatic rings. The molecule has 3 aromatic rings. The maximum atomic E-state index is 12.6. The Morgan fingerprint density at radius 1 is 1.11 bits per heavy atom. The summed E-state index contributed by atoms with van der Waals surface area (Å²) >= 11 is 0. The third-order valence-corrected chi connectivity index (χ3v) is 4.51. The van der Waals surface area contributed by atoms with Gasteiger partial charge in [-0.25, -0.2) is 0 Å². The van der Waals surface area contributed by atoms with Crippen molar-refractivity contribution >= 4 is 28.3 Å². The minimum absolute atomic E-state index is 0.121. The van der Waals surface area contributed by atoms with Gasteiger partial charge in [-0.3, -0.25) is 4.79 Å². The molecule has 0 saturated heterocycles. The second kappa shape index (κ2) is 7.95. The minimum atomic E-state index is -0.398. The standard InChI is InChI=1S/C21H23N3O3/c1-4-24(5-2)17-11-8-15-12-18(21(23-26)27-19(15)13-17)20(25)22-16-9-6-14(3)7-10-16/h6-13,26H,4-5H2,1-3H3,(H,22,25)/b23-21+. The lowest BCUT2D eigenvalue weighted by molar-refractivity contribution is 0.102. The molecule has 1 heterocycles. The second-order valence-corrected chi connectivity index (χ2v) is 6.28. The summed E-state index contributed by atoms with van der Waals surface area (Å²) in [7, 11) is 0. The Morgan fingerprint density at radius 3 is 2.44 bits per heavy atom. The van der Waals surface area contributed by atoms with Crippen LogP contribution in [0.4, 0.5) is 11.4 Å². The van der Waals surface area contributed by atoms with Crippen molar-refractivity contribution in [1.29, 1.82) is 0 Å². The zero-order valence-electron chi connectivity index (χ0n) is 15.7. The van der Waals surface area contributed by atoms with Crippen LogP contribution in [0.2, 0.25) is 0 Å². The molecule has 0 bridgehead atoms. The molecule has 0 saturated carbocycles. The van der Waals surface area contributed by atoms with Crippen molar-refractivity contribution in [3.63, 3.8) is 0 Å². The highest BCUT2D eigenvalue weighted by Crippen LogP contribution is 2.22. The molecule has 0 atom stereocenters. The summed E-state index contributed by atoms with van der Waals surface area (Å²) in [4.78, 5) is 14.8. The molecule has 6 heteroatoms. The van der Waals surface area contributed by atoms with E-state index in [-0.39, 0.29) is 11.1 Å². The Bertz CT molecular complexity index is 1020. The molecule has 2 aromatic carbocycles. The molecule has 1 amide bonds. The van der Waals surface area contributed by atoms with Gasteiger partial charge in [-0.1, -0.05) is 17.7 Å². The molecule has 0 fully saturated rings. The third kappa shape index (κ3) is 3.95.